The van der Waals surface area contributed by atoms with Gasteiger partial charge in [0.05, 0.1) is 18.6 Å². The summed E-state index contributed by atoms with van der Waals surface area (Å²) in [5.74, 6) is -0.0458. The van der Waals surface area contributed by atoms with E-state index < -0.39 is 0 Å². The molecule has 0 saturated heterocycles. The van der Waals surface area contributed by atoms with Crippen molar-refractivity contribution in [2.45, 2.75) is 38.4 Å². The summed E-state index contributed by atoms with van der Waals surface area (Å²) in [6.07, 6.45) is 2.72. The number of carbonyl (C=O) groups is 2. The maximum atomic E-state index is 12.0. The molecule has 0 N–H and O–H groups in total. The number of hydrogen-bond donors (Lipinski definition) is 0. The van der Waals surface area contributed by atoms with Crippen LogP contribution < -0.4 is 0 Å². The van der Waals surface area contributed by atoms with Gasteiger partial charge in [0, 0.05) is 12.3 Å². The highest BCUT2D eigenvalue weighted by Gasteiger charge is 2.43. The van der Waals surface area contributed by atoms with Crippen LogP contribution in [0.25, 0.3) is 0 Å². The van der Waals surface area contributed by atoms with Gasteiger partial charge in [-0.2, -0.15) is 0 Å². The second-order valence-corrected chi connectivity index (χ2v) is 5.55. The molecule has 0 radical (unpaired) electrons. The minimum absolute atomic E-state index is 0.0529. The third kappa shape index (κ3) is 2.61. The van der Waals surface area contributed by atoms with Gasteiger partial charge < -0.3 is 4.74 Å². The van der Waals surface area contributed by atoms with E-state index in [9.17, 15) is 9.59 Å². The lowest BCUT2D eigenvalue weighted by Crippen LogP contribution is -2.44. The van der Waals surface area contributed by atoms with Crippen LogP contribution in [0.3, 0.4) is 0 Å². The van der Waals surface area contributed by atoms with Crippen LogP contribution >= 0.6 is 0 Å². The van der Waals surface area contributed by atoms with E-state index in [4.69, 9.17) is 4.74 Å². The Balaban J connectivity index is 1.61. The smallest absolute Gasteiger partial charge is 0.146 e. The number of rotatable bonds is 3. The average molecular weight is 258 g/mol. The van der Waals surface area contributed by atoms with Gasteiger partial charge in [-0.15, -0.1) is 0 Å². The molecule has 3 heteroatoms. The predicted octanol–water partition coefficient (Wildman–Crippen LogP) is 2.53. The van der Waals surface area contributed by atoms with Crippen molar-refractivity contribution in [1.82, 2.24) is 0 Å². The molecule has 2 aliphatic rings. The lowest BCUT2D eigenvalue weighted by Gasteiger charge is -2.36. The van der Waals surface area contributed by atoms with Gasteiger partial charge in [0.25, 0.3) is 0 Å². The van der Waals surface area contributed by atoms with E-state index in [0.717, 1.165) is 18.4 Å². The lowest BCUT2D eigenvalue weighted by atomic mass is 9.69. The first-order valence-electron chi connectivity index (χ1n) is 6.96. The summed E-state index contributed by atoms with van der Waals surface area (Å²) in [5, 5.41) is 0. The van der Waals surface area contributed by atoms with Crippen LogP contribution in [-0.2, 0) is 20.9 Å². The van der Waals surface area contributed by atoms with Gasteiger partial charge in [-0.1, -0.05) is 30.3 Å². The van der Waals surface area contributed by atoms with E-state index in [1.165, 1.54) is 0 Å². The van der Waals surface area contributed by atoms with Gasteiger partial charge in [0.15, 0.2) is 0 Å². The highest BCUT2D eigenvalue weighted by Crippen LogP contribution is 2.36. The van der Waals surface area contributed by atoms with Crippen LogP contribution in [0.2, 0.25) is 0 Å². The molecule has 0 aliphatic heterocycles. The van der Waals surface area contributed by atoms with Crippen molar-refractivity contribution in [3.8, 4) is 0 Å². The Morgan fingerprint density at radius 1 is 1.11 bits per heavy atom. The van der Waals surface area contributed by atoms with E-state index >= 15 is 0 Å². The van der Waals surface area contributed by atoms with E-state index in [0.29, 0.717) is 19.4 Å². The second kappa shape index (κ2) is 5.25. The molecule has 100 valence electrons. The van der Waals surface area contributed by atoms with Crippen molar-refractivity contribution in [2.24, 2.45) is 11.8 Å². The van der Waals surface area contributed by atoms with Gasteiger partial charge in [-0.05, 0) is 24.8 Å². The molecular weight excluding hydrogens is 240 g/mol. The summed E-state index contributed by atoms with van der Waals surface area (Å²) in [6.45, 7) is 0.563. The molecule has 0 aromatic heterocycles. The number of carbonyl (C=O) groups excluding carboxylic acids is 2. The maximum Gasteiger partial charge on any atom is 0.146 e. The minimum atomic E-state index is -0.381. The summed E-state index contributed by atoms with van der Waals surface area (Å²) < 4.78 is 5.90. The van der Waals surface area contributed by atoms with Crippen LogP contribution in [0, 0.1) is 11.8 Å². The third-order valence-corrected chi connectivity index (χ3v) is 4.25. The van der Waals surface area contributed by atoms with E-state index in [1.807, 2.05) is 30.3 Å². The van der Waals surface area contributed by atoms with Crippen LogP contribution in [0.5, 0.6) is 0 Å². The fraction of sp³-hybridized carbons (Fsp3) is 0.500. The topological polar surface area (TPSA) is 43.4 Å². The normalized spacial score (nSPS) is 30.4. The summed E-state index contributed by atoms with van der Waals surface area (Å²) in [6, 6.07) is 10.0. The van der Waals surface area contributed by atoms with Crippen molar-refractivity contribution in [2.75, 3.05) is 0 Å². The fourth-order valence-electron chi connectivity index (χ4n) is 3.16. The van der Waals surface area contributed by atoms with Crippen LogP contribution in [0.1, 0.15) is 31.2 Å². The number of hydrogen-bond acceptors (Lipinski definition) is 3. The number of benzene rings is 1. The first-order chi connectivity index (χ1) is 9.24. The number of fused-ring (bicyclic) bond motifs is 2. The Bertz CT molecular complexity index is 480. The average Bonchev–Trinajstić information content (AvgIpc) is 2.43. The van der Waals surface area contributed by atoms with Crippen molar-refractivity contribution < 1.29 is 14.3 Å². The zero-order valence-electron chi connectivity index (χ0n) is 10.9. The van der Waals surface area contributed by atoms with Crippen LogP contribution in [0.15, 0.2) is 30.3 Å². The molecule has 3 atom stereocenters. The highest BCUT2D eigenvalue weighted by atomic mass is 16.5. The molecule has 2 saturated carbocycles. The molecule has 3 rings (SSSR count). The summed E-state index contributed by atoms with van der Waals surface area (Å²) in [5.41, 5.74) is 1.14. The molecule has 2 fully saturated rings. The Hall–Kier alpha value is -1.48. The fourth-order valence-corrected chi connectivity index (χ4v) is 3.16. The second-order valence-electron chi connectivity index (χ2n) is 5.55. The largest absolute Gasteiger partial charge is 0.373 e. The van der Waals surface area contributed by atoms with E-state index in [1.54, 1.807) is 0 Å². The van der Waals surface area contributed by atoms with Gasteiger partial charge >= 0.3 is 0 Å². The zero-order chi connectivity index (χ0) is 13.2. The van der Waals surface area contributed by atoms with Gasteiger partial charge in [-0.25, -0.2) is 0 Å². The molecule has 2 aliphatic carbocycles. The van der Waals surface area contributed by atoms with Gasteiger partial charge in [0.1, 0.15) is 11.6 Å². The van der Waals surface area contributed by atoms with Crippen molar-refractivity contribution >= 4 is 11.6 Å². The molecule has 0 amide bonds. The molecule has 3 nitrogen and oxygen atoms in total. The molecule has 0 spiro atoms. The monoisotopic (exact) mass is 258 g/mol. The number of ketones is 2. The predicted molar refractivity (Wildman–Crippen MR) is 70.5 cm³/mol. The molecule has 1 aromatic carbocycles. The Morgan fingerprint density at radius 2 is 1.89 bits per heavy atom. The Morgan fingerprint density at radius 3 is 2.68 bits per heavy atom. The number of ether oxygens (including phenoxy) is 1. The van der Waals surface area contributed by atoms with Crippen molar-refractivity contribution in [1.29, 1.82) is 0 Å². The van der Waals surface area contributed by atoms with Crippen molar-refractivity contribution in [3.63, 3.8) is 0 Å². The number of Topliss-reactive ketones (excluding diaryl/α,β-unsaturated/α-hetero) is 2. The van der Waals surface area contributed by atoms with E-state index in [2.05, 4.69) is 0 Å². The first kappa shape index (κ1) is 12.5. The first-order valence-corrected chi connectivity index (χ1v) is 6.96. The highest BCUT2D eigenvalue weighted by molar-refractivity contribution is 6.06. The standard InChI is InChI=1S/C16H18O3/c17-15-7-6-12-8-13(9-14(15)16(12)18)19-10-11-4-2-1-3-5-11/h1-5,12-14H,6-10H2. The quantitative estimate of drug-likeness (QED) is 0.782. The van der Waals surface area contributed by atoms with Crippen LogP contribution in [0.4, 0.5) is 0 Å². The van der Waals surface area contributed by atoms with E-state index in [-0.39, 0.29) is 29.5 Å². The SMILES string of the molecule is O=C1CCC2CC(OCc3ccccc3)CC1C2=O. The minimum Gasteiger partial charge on any atom is -0.373 e. The Kier molecular flexibility index (Phi) is 3.47. The molecule has 0 heterocycles. The molecular formula is C16H18O3. The lowest BCUT2D eigenvalue weighted by molar-refractivity contribution is -0.147. The zero-order valence-corrected chi connectivity index (χ0v) is 10.9. The summed E-state index contributed by atoms with van der Waals surface area (Å²) in [7, 11) is 0. The molecule has 2 bridgehead atoms. The molecule has 1 aromatic rings. The molecule has 19 heavy (non-hydrogen) atoms. The van der Waals surface area contributed by atoms with Gasteiger partial charge in [-0.3, -0.25) is 9.59 Å². The summed E-state index contributed by atoms with van der Waals surface area (Å²) in [4.78, 5) is 23.7. The van der Waals surface area contributed by atoms with Crippen molar-refractivity contribution in [3.05, 3.63) is 35.9 Å². The van der Waals surface area contributed by atoms with Crippen LogP contribution in [-0.4, -0.2) is 17.7 Å². The maximum absolute atomic E-state index is 12.0. The van der Waals surface area contributed by atoms with Gasteiger partial charge in [0.2, 0.25) is 0 Å². The summed E-state index contributed by atoms with van der Waals surface area (Å²) >= 11 is 0. The third-order valence-electron chi connectivity index (χ3n) is 4.25. The molecule has 3 unspecified atom stereocenters. The Labute approximate surface area is 113 Å².